The summed E-state index contributed by atoms with van der Waals surface area (Å²) in [7, 11) is 0. The lowest BCUT2D eigenvalue weighted by atomic mass is 10.4. The Hall–Kier alpha value is -0.760. The molecule has 12 heavy (non-hydrogen) atoms. The van der Waals surface area contributed by atoms with Crippen molar-refractivity contribution in [2.45, 2.75) is 12.8 Å². The molecule has 1 aromatic heterocycles. The van der Waals surface area contributed by atoms with Gasteiger partial charge in [0.2, 0.25) is 0 Å². The normalized spacial score (nSPS) is 16.9. The Labute approximate surface area is 77.2 Å². The van der Waals surface area contributed by atoms with Gasteiger partial charge in [-0.1, -0.05) is 11.6 Å². The highest BCUT2D eigenvalue weighted by Crippen LogP contribution is 2.20. The van der Waals surface area contributed by atoms with Crippen molar-refractivity contribution in [3.05, 3.63) is 23.4 Å². The topological polar surface area (TPSA) is 16.1 Å². The first kappa shape index (κ1) is 7.87. The number of aromatic nitrogens is 1. The molecule has 1 fully saturated rings. The standard InChI is InChI=1S/C9H11ClN2/c10-8-3-4-11-9(7-8)12-5-1-2-6-12/h3-4,7H,1-2,5-6H2. The van der Waals surface area contributed by atoms with Crippen LogP contribution in [0, 0.1) is 0 Å². The summed E-state index contributed by atoms with van der Waals surface area (Å²) in [6.45, 7) is 2.24. The monoisotopic (exact) mass is 182 g/mol. The van der Waals surface area contributed by atoms with Gasteiger partial charge in [0.1, 0.15) is 5.82 Å². The number of halogens is 1. The highest BCUT2D eigenvalue weighted by Gasteiger charge is 2.12. The first-order chi connectivity index (χ1) is 5.86. The molecule has 1 aromatic rings. The summed E-state index contributed by atoms with van der Waals surface area (Å²) in [5, 5.41) is 0.770. The third kappa shape index (κ3) is 1.53. The van der Waals surface area contributed by atoms with E-state index in [1.807, 2.05) is 6.07 Å². The summed E-state index contributed by atoms with van der Waals surface area (Å²) >= 11 is 5.86. The average molecular weight is 183 g/mol. The van der Waals surface area contributed by atoms with Gasteiger partial charge < -0.3 is 4.90 Å². The Balaban J connectivity index is 2.21. The molecule has 0 aliphatic carbocycles. The van der Waals surface area contributed by atoms with Crippen LogP contribution in [-0.4, -0.2) is 18.1 Å². The van der Waals surface area contributed by atoms with Crippen molar-refractivity contribution >= 4 is 17.4 Å². The number of anilines is 1. The molecule has 0 unspecified atom stereocenters. The maximum atomic E-state index is 5.86. The van der Waals surface area contributed by atoms with E-state index in [0.717, 1.165) is 23.9 Å². The number of hydrogen-bond acceptors (Lipinski definition) is 2. The average Bonchev–Trinajstić information content (AvgIpc) is 2.56. The van der Waals surface area contributed by atoms with Crippen molar-refractivity contribution in [3.63, 3.8) is 0 Å². The van der Waals surface area contributed by atoms with E-state index in [9.17, 15) is 0 Å². The van der Waals surface area contributed by atoms with E-state index in [-0.39, 0.29) is 0 Å². The molecular weight excluding hydrogens is 172 g/mol. The Kier molecular flexibility index (Phi) is 2.17. The van der Waals surface area contributed by atoms with Crippen LogP contribution in [-0.2, 0) is 0 Å². The number of rotatable bonds is 1. The lowest BCUT2D eigenvalue weighted by molar-refractivity contribution is 0.938. The summed E-state index contributed by atoms with van der Waals surface area (Å²) in [5.41, 5.74) is 0. The van der Waals surface area contributed by atoms with E-state index in [1.165, 1.54) is 12.8 Å². The molecule has 1 aliphatic rings. The second-order valence-corrected chi connectivity index (χ2v) is 3.46. The molecule has 2 nitrogen and oxygen atoms in total. The second kappa shape index (κ2) is 3.31. The maximum Gasteiger partial charge on any atom is 0.129 e. The predicted molar refractivity (Wildman–Crippen MR) is 50.7 cm³/mol. The van der Waals surface area contributed by atoms with Crippen molar-refractivity contribution < 1.29 is 0 Å². The quantitative estimate of drug-likeness (QED) is 0.663. The molecule has 0 aromatic carbocycles. The van der Waals surface area contributed by atoms with Gasteiger partial charge in [-0.3, -0.25) is 0 Å². The van der Waals surface area contributed by atoms with E-state index in [2.05, 4.69) is 9.88 Å². The maximum absolute atomic E-state index is 5.86. The number of hydrogen-bond donors (Lipinski definition) is 0. The minimum atomic E-state index is 0.770. The van der Waals surface area contributed by atoms with Crippen LogP contribution in [0.25, 0.3) is 0 Å². The molecule has 0 radical (unpaired) electrons. The fraction of sp³-hybridized carbons (Fsp3) is 0.444. The minimum absolute atomic E-state index is 0.770. The van der Waals surface area contributed by atoms with Crippen LogP contribution in [0.3, 0.4) is 0 Å². The first-order valence-electron chi connectivity index (χ1n) is 4.23. The van der Waals surface area contributed by atoms with Crippen LogP contribution in [0.2, 0.25) is 5.02 Å². The zero-order chi connectivity index (χ0) is 8.39. The zero-order valence-corrected chi connectivity index (χ0v) is 7.59. The highest BCUT2D eigenvalue weighted by molar-refractivity contribution is 6.30. The smallest absolute Gasteiger partial charge is 0.129 e. The van der Waals surface area contributed by atoms with Gasteiger partial charge >= 0.3 is 0 Å². The third-order valence-electron chi connectivity index (χ3n) is 2.14. The molecule has 0 saturated carbocycles. The van der Waals surface area contributed by atoms with Crippen LogP contribution in [0.5, 0.6) is 0 Å². The lowest BCUT2D eigenvalue weighted by Gasteiger charge is -2.15. The highest BCUT2D eigenvalue weighted by atomic mass is 35.5. The van der Waals surface area contributed by atoms with E-state index < -0.39 is 0 Å². The molecule has 3 heteroatoms. The van der Waals surface area contributed by atoms with Crippen LogP contribution >= 0.6 is 11.6 Å². The predicted octanol–water partition coefficient (Wildman–Crippen LogP) is 2.34. The first-order valence-corrected chi connectivity index (χ1v) is 4.60. The number of pyridine rings is 1. The van der Waals surface area contributed by atoms with Crippen molar-refractivity contribution in [3.8, 4) is 0 Å². The molecule has 64 valence electrons. The van der Waals surface area contributed by atoms with Crippen molar-refractivity contribution in [1.82, 2.24) is 4.98 Å². The molecule has 0 N–H and O–H groups in total. The van der Waals surface area contributed by atoms with Gasteiger partial charge in [-0.2, -0.15) is 0 Å². The molecule has 0 atom stereocenters. The molecule has 0 spiro atoms. The largest absolute Gasteiger partial charge is 0.357 e. The van der Waals surface area contributed by atoms with E-state index in [0.29, 0.717) is 0 Å². The summed E-state index contributed by atoms with van der Waals surface area (Å²) in [4.78, 5) is 6.53. The van der Waals surface area contributed by atoms with Crippen LogP contribution in [0.1, 0.15) is 12.8 Å². The summed E-state index contributed by atoms with van der Waals surface area (Å²) in [6.07, 6.45) is 4.30. The Bertz CT molecular complexity index is 269. The van der Waals surface area contributed by atoms with Crippen LogP contribution in [0.4, 0.5) is 5.82 Å². The number of nitrogens with zero attached hydrogens (tertiary/aromatic N) is 2. The molecule has 1 aliphatic heterocycles. The van der Waals surface area contributed by atoms with Gasteiger partial charge in [0.15, 0.2) is 0 Å². The molecule has 0 bridgehead atoms. The van der Waals surface area contributed by atoms with Gasteiger partial charge in [-0.25, -0.2) is 4.98 Å². The van der Waals surface area contributed by atoms with Crippen molar-refractivity contribution in [1.29, 1.82) is 0 Å². The van der Waals surface area contributed by atoms with E-state index in [1.54, 1.807) is 12.3 Å². The fourth-order valence-electron chi connectivity index (χ4n) is 1.51. The van der Waals surface area contributed by atoms with Gasteiger partial charge in [-0.15, -0.1) is 0 Å². The van der Waals surface area contributed by atoms with E-state index in [4.69, 9.17) is 11.6 Å². The molecule has 2 rings (SSSR count). The van der Waals surface area contributed by atoms with Crippen LogP contribution < -0.4 is 4.90 Å². The molecule has 2 heterocycles. The molecular formula is C9H11ClN2. The van der Waals surface area contributed by atoms with Crippen LogP contribution in [0.15, 0.2) is 18.3 Å². The second-order valence-electron chi connectivity index (χ2n) is 3.03. The Morgan fingerprint density at radius 1 is 1.33 bits per heavy atom. The summed E-state index contributed by atoms with van der Waals surface area (Å²) in [5.74, 6) is 1.01. The minimum Gasteiger partial charge on any atom is -0.357 e. The Morgan fingerprint density at radius 3 is 2.75 bits per heavy atom. The van der Waals surface area contributed by atoms with Gasteiger partial charge in [0.05, 0.1) is 0 Å². The summed E-state index contributed by atoms with van der Waals surface area (Å²) in [6, 6.07) is 3.73. The zero-order valence-electron chi connectivity index (χ0n) is 6.83. The SMILES string of the molecule is Clc1ccnc(N2CCCC2)c1. The van der Waals surface area contributed by atoms with Gasteiger partial charge in [-0.05, 0) is 25.0 Å². The van der Waals surface area contributed by atoms with Gasteiger partial charge in [0.25, 0.3) is 0 Å². The Morgan fingerprint density at radius 2 is 2.08 bits per heavy atom. The fourth-order valence-corrected chi connectivity index (χ4v) is 1.67. The van der Waals surface area contributed by atoms with Crippen molar-refractivity contribution in [2.75, 3.05) is 18.0 Å². The van der Waals surface area contributed by atoms with Crippen molar-refractivity contribution in [2.24, 2.45) is 0 Å². The van der Waals surface area contributed by atoms with E-state index >= 15 is 0 Å². The lowest BCUT2D eigenvalue weighted by Crippen LogP contribution is -2.18. The molecule has 0 amide bonds. The summed E-state index contributed by atoms with van der Waals surface area (Å²) < 4.78 is 0. The third-order valence-corrected chi connectivity index (χ3v) is 2.37. The molecule has 1 saturated heterocycles. The van der Waals surface area contributed by atoms with Gasteiger partial charge in [0, 0.05) is 24.3 Å².